The van der Waals surface area contributed by atoms with Crippen molar-refractivity contribution in [1.29, 1.82) is 0 Å². The van der Waals surface area contributed by atoms with E-state index in [4.69, 9.17) is 21.1 Å². The lowest BCUT2D eigenvalue weighted by molar-refractivity contribution is 0.0945. The second-order valence-electron chi connectivity index (χ2n) is 5.72. The van der Waals surface area contributed by atoms with Gasteiger partial charge in [0.15, 0.2) is 6.73 Å². The number of carbonyl (C=O) groups is 1. The van der Waals surface area contributed by atoms with E-state index in [0.717, 1.165) is 12.2 Å². The van der Waals surface area contributed by atoms with Gasteiger partial charge >= 0.3 is 0 Å². The quantitative estimate of drug-likeness (QED) is 0.569. The van der Waals surface area contributed by atoms with Crippen LogP contribution in [0.5, 0.6) is 11.5 Å². The Morgan fingerprint density at radius 2 is 1.96 bits per heavy atom. The van der Waals surface area contributed by atoms with E-state index in [9.17, 15) is 4.79 Å². The third kappa shape index (κ3) is 5.49. The fourth-order valence-corrected chi connectivity index (χ4v) is 2.52. The maximum Gasteiger partial charge on any atom is 0.271 e. The highest BCUT2D eigenvalue weighted by molar-refractivity contribution is 6.30. The molecular formula is C18H20ClN5O3. The standard InChI is InChI=1S/C18H20ClN5O3/c1-26-15-3-5-16(6-4-15)27-13-24-10-7-17(22-24)18(25)20-8-2-9-23-12-14(19)11-21-23/h3-7,10-12H,2,8-9,13H2,1H3,(H,20,25). The Morgan fingerprint density at radius 1 is 1.19 bits per heavy atom. The first kappa shape index (κ1) is 18.8. The molecule has 3 rings (SSSR count). The molecule has 8 nitrogen and oxygen atoms in total. The van der Waals surface area contributed by atoms with Crippen LogP contribution in [0.4, 0.5) is 0 Å². The number of nitrogens with one attached hydrogen (secondary N) is 1. The molecule has 0 saturated carbocycles. The molecule has 1 N–H and O–H groups in total. The number of ether oxygens (including phenoxy) is 2. The van der Waals surface area contributed by atoms with Crippen molar-refractivity contribution in [3.8, 4) is 11.5 Å². The zero-order valence-corrected chi connectivity index (χ0v) is 15.6. The number of aromatic nitrogens is 4. The normalized spacial score (nSPS) is 10.6. The number of aryl methyl sites for hydroxylation is 1. The third-order valence-corrected chi connectivity index (χ3v) is 3.94. The van der Waals surface area contributed by atoms with Crippen LogP contribution in [0.1, 0.15) is 16.9 Å². The maximum atomic E-state index is 12.1. The molecule has 2 aromatic heterocycles. The van der Waals surface area contributed by atoms with E-state index in [-0.39, 0.29) is 12.6 Å². The van der Waals surface area contributed by atoms with Crippen LogP contribution in [-0.4, -0.2) is 39.1 Å². The van der Waals surface area contributed by atoms with Gasteiger partial charge in [-0.25, -0.2) is 4.68 Å². The van der Waals surface area contributed by atoms with Crippen molar-refractivity contribution in [3.05, 3.63) is 59.6 Å². The molecule has 1 amide bonds. The summed E-state index contributed by atoms with van der Waals surface area (Å²) >= 11 is 5.80. The number of methoxy groups -OCH3 is 1. The minimum atomic E-state index is -0.225. The number of carbonyl (C=O) groups excluding carboxylic acids is 1. The fourth-order valence-electron chi connectivity index (χ4n) is 2.36. The van der Waals surface area contributed by atoms with Gasteiger partial charge in [0.25, 0.3) is 5.91 Å². The Kier molecular flexibility index (Phi) is 6.32. The Morgan fingerprint density at radius 3 is 2.67 bits per heavy atom. The second-order valence-corrected chi connectivity index (χ2v) is 6.16. The van der Waals surface area contributed by atoms with E-state index < -0.39 is 0 Å². The molecule has 0 bridgehead atoms. The SMILES string of the molecule is COc1ccc(OCn2ccc(C(=O)NCCCn3cc(Cl)cn3)n2)cc1. The molecule has 0 atom stereocenters. The van der Waals surface area contributed by atoms with Crippen LogP contribution in [0.25, 0.3) is 0 Å². The predicted molar refractivity (Wildman–Crippen MR) is 100 cm³/mol. The van der Waals surface area contributed by atoms with E-state index in [1.54, 1.807) is 41.1 Å². The molecule has 0 aliphatic heterocycles. The molecule has 0 fully saturated rings. The summed E-state index contributed by atoms with van der Waals surface area (Å²) in [4.78, 5) is 12.1. The number of nitrogens with zero attached hydrogens (tertiary/aromatic N) is 4. The zero-order valence-electron chi connectivity index (χ0n) is 14.8. The van der Waals surface area contributed by atoms with Gasteiger partial charge in [-0.2, -0.15) is 10.2 Å². The Bertz CT molecular complexity index is 875. The van der Waals surface area contributed by atoms with Crippen LogP contribution in [0.3, 0.4) is 0 Å². The van der Waals surface area contributed by atoms with E-state index in [1.807, 2.05) is 24.3 Å². The van der Waals surface area contributed by atoms with Gasteiger partial charge in [-0.3, -0.25) is 9.48 Å². The van der Waals surface area contributed by atoms with Gasteiger partial charge in [-0.1, -0.05) is 11.6 Å². The highest BCUT2D eigenvalue weighted by Gasteiger charge is 2.09. The van der Waals surface area contributed by atoms with Crippen LogP contribution in [0.15, 0.2) is 48.9 Å². The average molecular weight is 390 g/mol. The summed E-state index contributed by atoms with van der Waals surface area (Å²) < 4.78 is 14.0. The average Bonchev–Trinajstić information content (AvgIpc) is 3.33. The summed E-state index contributed by atoms with van der Waals surface area (Å²) in [6.45, 7) is 1.41. The van der Waals surface area contributed by atoms with Crippen molar-refractivity contribution < 1.29 is 14.3 Å². The van der Waals surface area contributed by atoms with Crippen molar-refractivity contribution in [3.63, 3.8) is 0 Å². The van der Waals surface area contributed by atoms with Gasteiger partial charge in [0.2, 0.25) is 0 Å². The van der Waals surface area contributed by atoms with Crippen LogP contribution >= 0.6 is 11.6 Å². The lowest BCUT2D eigenvalue weighted by atomic mass is 10.3. The number of halogens is 1. The van der Waals surface area contributed by atoms with Gasteiger partial charge in [0.1, 0.15) is 17.2 Å². The molecule has 142 valence electrons. The topological polar surface area (TPSA) is 83.2 Å². The second kappa shape index (κ2) is 9.09. The van der Waals surface area contributed by atoms with Crippen LogP contribution in [-0.2, 0) is 13.3 Å². The minimum Gasteiger partial charge on any atom is -0.497 e. The Balaban J connectivity index is 1.41. The van der Waals surface area contributed by atoms with Gasteiger partial charge in [0, 0.05) is 25.5 Å². The number of benzene rings is 1. The van der Waals surface area contributed by atoms with Gasteiger partial charge < -0.3 is 14.8 Å². The predicted octanol–water partition coefficient (Wildman–Crippen LogP) is 2.60. The third-order valence-electron chi connectivity index (χ3n) is 3.75. The van der Waals surface area contributed by atoms with E-state index in [0.29, 0.717) is 29.6 Å². The molecule has 0 saturated heterocycles. The van der Waals surface area contributed by atoms with E-state index in [2.05, 4.69) is 15.5 Å². The van der Waals surface area contributed by atoms with Crippen molar-refractivity contribution >= 4 is 17.5 Å². The van der Waals surface area contributed by atoms with E-state index in [1.165, 1.54) is 0 Å². The molecule has 9 heteroatoms. The molecule has 0 aliphatic carbocycles. The molecule has 3 aromatic rings. The number of hydrogen-bond acceptors (Lipinski definition) is 5. The lowest BCUT2D eigenvalue weighted by Gasteiger charge is -2.07. The Hall–Kier alpha value is -3.00. The van der Waals surface area contributed by atoms with Crippen molar-refractivity contribution in [2.45, 2.75) is 19.7 Å². The highest BCUT2D eigenvalue weighted by Crippen LogP contribution is 2.17. The number of rotatable bonds is 9. The summed E-state index contributed by atoms with van der Waals surface area (Å²) in [5, 5.41) is 11.7. The first-order valence-corrected chi connectivity index (χ1v) is 8.78. The number of hydrogen-bond donors (Lipinski definition) is 1. The number of amides is 1. The monoisotopic (exact) mass is 389 g/mol. The van der Waals surface area contributed by atoms with Crippen molar-refractivity contribution in [2.75, 3.05) is 13.7 Å². The molecule has 0 unspecified atom stereocenters. The Labute approximate surface area is 161 Å². The zero-order chi connectivity index (χ0) is 19.1. The van der Waals surface area contributed by atoms with Gasteiger partial charge in [-0.05, 0) is 36.8 Å². The molecule has 1 aromatic carbocycles. The minimum absolute atomic E-state index is 0.208. The van der Waals surface area contributed by atoms with E-state index >= 15 is 0 Å². The van der Waals surface area contributed by atoms with Crippen LogP contribution < -0.4 is 14.8 Å². The molecule has 2 heterocycles. The summed E-state index contributed by atoms with van der Waals surface area (Å²) in [6.07, 6.45) is 5.77. The van der Waals surface area contributed by atoms with Gasteiger partial charge in [-0.15, -0.1) is 0 Å². The first-order chi connectivity index (χ1) is 13.1. The van der Waals surface area contributed by atoms with Gasteiger partial charge in [0.05, 0.1) is 18.3 Å². The molecular weight excluding hydrogens is 370 g/mol. The van der Waals surface area contributed by atoms with Crippen LogP contribution in [0, 0.1) is 0 Å². The molecule has 27 heavy (non-hydrogen) atoms. The first-order valence-electron chi connectivity index (χ1n) is 8.40. The lowest BCUT2D eigenvalue weighted by Crippen LogP contribution is -2.26. The molecule has 0 aliphatic rings. The summed E-state index contributed by atoms with van der Waals surface area (Å²) in [5.41, 5.74) is 0.343. The fraction of sp³-hybridized carbons (Fsp3) is 0.278. The largest absolute Gasteiger partial charge is 0.497 e. The van der Waals surface area contributed by atoms with Crippen LogP contribution in [0.2, 0.25) is 5.02 Å². The smallest absolute Gasteiger partial charge is 0.271 e. The summed E-state index contributed by atoms with van der Waals surface area (Å²) in [6, 6.07) is 8.90. The van der Waals surface area contributed by atoms with Crippen molar-refractivity contribution in [1.82, 2.24) is 24.9 Å². The molecule has 0 radical (unpaired) electrons. The summed E-state index contributed by atoms with van der Waals surface area (Å²) in [5.74, 6) is 1.23. The highest BCUT2D eigenvalue weighted by atomic mass is 35.5. The maximum absolute atomic E-state index is 12.1. The summed E-state index contributed by atoms with van der Waals surface area (Å²) in [7, 11) is 1.61. The molecule has 0 spiro atoms. The van der Waals surface area contributed by atoms with Crippen molar-refractivity contribution in [2.24, 2.45) is 0 Å².